The molecule has 0 spiro atoms. The highest BCUT2D eigenvalue weighted by molar-refractivity contribution is 7.90. The maximum atomic E-state index is 13.4. The molecule has 0 saturated heterocycles. The Kier molecular flexibility index (Phi) is 8.22. The summed E-state index contributed by atoms with van der Waals surface area (Å²) in [6.07, 6.45) is 3.79. The number of aromatic nitrogens is 1. The fourth-order valence-corrected chi connectivity index (χ4v) is 5.12. The maximum Gasteiger partial charge on any atom is 0.323 e. The van der Waals surface area contributed by atoms with Crippen LogP contribution in [0.3, 0.4) is 0 Å². The SMILES string of the molecule is CCCCCC(=O)NC(=O)C(C(=O)OCC)c1cn(S(=O)(=O)c2ccccc2)c2ccccc12. The number of esters is 1. The number of amides is 2. The third kappa shape index (κ3) is 5.36. The zero-order valence-electron chi connectivity index (χ0n) is 19.2. The molecule has 0 aliphatic rings. The minimum atomic E-state index is -4.01. The molecule has 2 amide bonds. The van der Waals surface area contributed by atoms with E-state index in [0.717, 1.165) is 16.8 Å². The summed E-state index contributed by atoms with van der Waals surface area (Å²) in [5.74, 6) is -3.71. The highest BCUT2D eigenvalue weighted by Crippen LogP contribution is 2.32. The van der Waals surface area contributed by atoms with Crippen molar-refractivity contribution in [3.8, 4) is 0 Å². The number of nitrogens with one attached hydrogen (secondary N) is 1. The molecule has 180 valence electrons. The van der Waals surface area contributed by atoms with E-state index in [0.29, 0.717) is 17.3 Å². The molecule has 0 saturated carbocycles. The fraction of sp³-hybridized carbons (Fsp3) is 0.320. The number of benzene rings is 2. The van der Waals surface area contributed by atoms with Crippen molar-refractivity contribution in [2.45, 2.75) is 50.3 Å². The second-order valence-electron chi connectivity index (χ2n) is 7.77. The number of para-hydroxylation sites is 1. The molecule has 1 heterocycles. The Hall–Kier alpha value is -3.46. The predicted octanol–water partition coefficient (Wildman–Crippen LogP) is 3.75. The predicted molar refractivity (Wildman–Crippen MR) is 128 cm³/mol. The molecular formula is C25H28N2O6S. The monoisotopic (exact) mass is 484 g/mol. The number of unbranched alkanes of at least 4 members (excludes halogenated alkanes) is 2. The molecule has 3 rings (SSSR count). The zero-order chi connectivity index (χ0) is 24.7. The fourth-order valence-electron chi connectivity index (χ4n) is 3.72. The number of hydrogen-bond donors (Lipinski definition) is 1. The number of carbonyl (C=O) groups is 3. The molecule has 8 nitrogen and oxygen atoms in total. The molecule has 9 heteroatoms. The topological polar surface area (TPSA) is 112 Å². The number of fused-ring (bicyclic) bond motifs is 1. The number of rotatable bonds is 10. The number of ether oxygens (including phenoxy) is 1. The zero-order valence-corrected chi connectivity index (χ0v) is 20.0. The van der Waals surface area contributed by atoms with Crippen molar-refractivity contribution < 1.29 is 27.5 Å². The summed E-state index contributed by atoms with van der Waals surface area (Å²) in [4.78, 5) is 38.3. The van der Waals surface area contributed by atoms with Crippen LogP contribution >= 0.6 is 0 Å². The van der Waals surface area contributed by atoms with E-state index in [1.165, 1.54) is 18.3 Å². The van der Waals surface area contributed by atoms with E-state index in [1.807, 2.05) is 6.92 Å². The molecule has 1 atom stereocenters. The third-order valence-electron chi connectivity index (χ3n) is 5.37. The van der Waals surface area contributed by atoms with Gasteiger partial charge in [-0.25, -0.2) is 12.4 Å². The Morgan fingerprint density at radius 3 is 2.32 bits per heavy atom. The highest BCUT2D eigenvalue weighted by atomic mass is 32.2. The van der Waals surface area contributed by atoms with Gasteiger partial charge in [-0.2, -0.15) is 0 Å². The lowest BCUT2D eigenvalue weighted by Crippen LogP contribution is -2.38. The van der Waals surface area contributed by atoms with E-state index in [-0.39, 0.29) is 23.5 Å². The van der Waals surface area contributed by atoms with Gasteiger partial charge in [-0.1, -0.05) is 56.2 Å². The van der Waals surface area contributed by atoms with Crippen molar-refractivity contribution in [1.29, 1.82) is 0 Å². The van der Waals surface area contributed by atoms with E-state index in [1.54, 1.807) is 49.4 Å². The van der Waals surface area contributed by atoms with Crippen molar-refractivity contribution in [1.82, 2.24) is 9.29 Å². The van der Waals surface area contributed by atoms with Gasteiger partial charge in [0.1, 0.15) is 0 Å². The van der Waals surface area contributed by atoms with Crippen molar-refractivity contribution in [3.05, 3.63) is 66.4 Å². The van der Waals surface area contributed by atoms with Gasteiger partial charge in [-0.15, -0.1) is 0 Å². The Morgan fingerprint density at radius 2 is 1.65 bits per heavy atom. The standard InChI is InChI=1S/C25H28N2O6S/c1-3-5-7-16-22(28)26-24(29)23(25(30)33-4-2)20-17-27(21-15-11-10-14-19(20)21)34(31,32)18-12-8-6-9-13-18/h6,8-15,17,23H,3-5,7,16H2,1-2H3,(H,26,28,29). The lowest BCUT2D eigenvalue weighted by Gasteiger charge is -2.15. The van der Waals surface area contributed by atoms with Gasteiger partial charge in [0.05, 0.1) is 17.0 Å². The van der Waals surface area contributed by atoms with E-state index < -0.39 is 33.7 Å². The summed E-state index contributed by atoms with van der Waals surface area (Å²) in [6.45, 7) is 3.62. The molecule has 1 unspecified atom stereocenters. The lowest BCUT2D eigenvalue weighted by atomic mass is 9.97. The van der Waals surface area contributed by atoms with Crippen LogP contribution in [0.25, 0.3) is 10.9 Å². The normalized spacial score (nSPS) is 12.3. The van der Waals surface area contributed by atoms with Crippen molar-refractivity contribution in [2.75, 3.05) is 6.61 Å². The van der Waals surface area contributed by atoms with Crippen molar-refractivity contribution in [2.24, 2.45) is 0 Å². The van der Waals surface area contributed by atoms with Gasteiger partial charge in [-0.05, 0) is 31.5 Å². The van der Waals surface area contributed by atoms with Gasteiger partial charge in [0.25, 0.3) is 10.0 Å². The summed E-state index contributed by atoms with van der Waals surface area (Å²) in [7, 11) is -4.01. The van der Waals surface area contributed by atoms with E-state index in [4.69, 9.17) is 4.74 Å². The first-order chi connectivity index (χ1) is 16.3. The number of nitrogens with zero attached hydrogens (tertiary/aromatic N) is 1. The van der Waals surface area contributed by atoms with Gasteiger partial charge in [0.2, 0.25) is 11.8 Å². The largest absolute Gasteiger partial charge is 0.465 e. The van der Waals surface area contributed by atoms with Crippen LogP contribution in [0.1, 0.15) is 51.0 Å². The summed E-state index contributed by atoms with van der Waals surface area (Å²) in [5, 5.41) is 2.68. The van der Waals surface area contributed by atoms with Crippen LogP contribution in [0.5, 0.6) is 0 Å². The molecule has 34 heavy (non-hydrogen) atoms. The minimum Gasteiger partial charge on any atom is -0.465 e. The molecule has 0 bridgehead atoms. The van der Waals surface area contributed by atoms with Crippen LogP contribution in [0.15, 0.2) is 65.7 Å². The smallest absolute Gasteiger partial charge is 0.323 e. The number of carbonyl (C=O) groups excluding carboxylic acids is 3. The summed E-state index contributed by atoms with van der Waals surface area (Å²) < 4.78 is 32.9. The first kappa shape index (κ1) is 25.2. The average molecular weight is 485 g/mol. The van der Waals surface area contributed by atoms with Gasteiger partial charge in [0, 0.05) is 23.6 Å². The second-order valence-corrected chi connectivity index (χ2v) is 9.59. The molecule has 1 N–H and O–H groups in total. The molecule has 0 aliphatic carbocycles. The number of hydrogen-bond acceptors (Lipinski definition) is 6. The van der Waals surface area contributed by atoms with Gasteiger partial charge < -0.3 is 4.74 Å². The molecule has 0 radical (unpaired) electrons. The molecule has 0 fully saturated rings. The minimum absolute atomic E-state index is 0.0218. The quantitative estimate of drug-likeness (QED) is 0.267. The Labute approximate surface area is 199 Å². The van der Waals surface area contributed by atoms with Crippen LogP contribution in [0.4, 0.5) is 0 Å². The Morgan fingerprint density at radius 1 is 0.971 bits per heavy atom. The van der Waals surface area contributed by atoms with E-state index in [2.05, 4.69) is 5.32 Å². The van der Waals surface area contributed by atoms with Crippen LogP contribution in [0, 0.1) is 0 Å². The van der Waals surface area contributed by atoms with Crippen LogP contribution < -0.4 is 5.32 Å². The van der Waals surface area contributed by atoms with Crippen LogP contribution in [-0.2, 0) is 29.1 Å². The van der Waals surface area contributed by atoms with E-state index >= 15 is 0 Å². The molecule has 3 aromatic rings. The molecule has 0 aliphatic heterocycles. The van der Waals surface area contributed by atoms with Crippen molar-refractivity contribution in [3.63, 3.8) is 0 Å². The van der Waals surface area contributed by atoms with E-state index in [9.17, 15) is 22.8 Å². The molecule has 1 aromatic heterocycles. The first-order valence-electron chi connectivity index (χ1n) is 11.2. The molecule has 2 aromatic carbocycles. The van der Waals surface area contributed by atoms with Gasteiger partial charge >= 0.3 is 5.97 Å². The number of imide groups is 1. The van der Waals surface area contributed by atoms with Crippen molar-refractivity contribution >= 4 is 38.7 Å². The third-order valence-corrected chi connectivity index (χ3v) is 7.06. The van der Waals surface area contributed by atoms with Gasteiger partial charge in [-0.3, -0.25) is 19.7 Å². The lowest BCUT2D eigenvalue weighted by molar-refractivity contribution is -0.148. The molecular weight excluding hydrogens is 456 g/mol. The van der Waals surface area contributed by atoms with Crippen LogP contribution in [0.2, 0.25) is 0 Å². The highest BCUT2D eigenvalue weighted by Gasteiger charge is 2.35. The average Bonchev–Trinajstić information content (AvgIpc) is 3.20. The van der Waals surface area contributed by atoms with Gasteiger partial charge in [0.15, 0.2) is 5.92 Å². The Balaban J connectivity index is 2.08. The second kappa shape index (κ2) is 11.1. The summed E-state index contributed by atoms with van der Waals surface area (Å²) >= 11 is 0. The first-order valence-corrected chi connectivity index (χ1v) is 12.7. The Bertz CT molecular complexity index is 1280. The summed E-state index contributed by atoms with van der Waals surface area (Å²) in [6, 6.07) is 14.4. The maximum absolute atomic E-state index is 13.4. The summed E-state index contributed by atoms with van der Waals surface area (Å²) in [5.41, 5.74) is 0.449. The van der Waals surface area contributed by atoms with Crippen LogP contribution in [-0.4, -0.2) is 36.8 Å².